The maximum Gasteiger partial charge on any atom is 0.365 e. The summed E-state index contributed by atoms with van der Waals surface area (Å²) < 4.78 is 1.85. The Morgan fingerprint density at radius 2 is 1.97 bits per heavy atom. The largest absolute Gasteiger partial charge is 0.476 e. The molecule has 0 aliphatic heterocycles. The lowest BCUT2D eigenvalue weighted by Gasteiger charge is -2.19. The molecule has 0 fully saturated rings. The van der Waals surface area contributed by atoms with Gasteiger partial charge in [0, 0.05) is 25.5 Å². The number of nitrogens with zero attached hydrogens (tertiary/aromatic N) is 4. The van der Waals surface area contributed by atoms with Gasteiger partial charge in [-0.15, -0.1) is 23.7 Å². The van der Waals surface area contributed by atoms with Crippen LogP contribution >= 0.6 is 23.7 Å². The minimum absolute atomic E-state index is 0. The number of aromatic carboxylic acids is 1. The molecule has 0 saturated carbocycles. The molecule has 33 heavy (non-hydrogen) atoms. The van der Waals surface area contributed by atoms with Crippen molar-refractivity contribution in [1.82, 2.24) is 19.4 Å². The third-order valence-electron chi connectivity index (χ3n) is 5.01. The minimum atomic E-state index is -1.19. The Morgan fingerprint density at radius 3 is 2.58 bits per heavy atom. The van der Waals surface area contributed by atoms with Gasteiger partial charge in [-0.3, -0.25) is 14.9 Å². The molecule has 0 aliphatic rings. The van der Waals surface area contributed by atoms with Crippen molar-refractivity contribution < 1.29 is 19.5 Å². The predicted molar refractivity (Wildman–Crippen MR) is 130 cm³/mol. The number of aromatic nitrogens is 3. The van der Waals surface area contributed by atoms with Gasteiger partial charge in [-0.05, 0) is 38.4 Å². The lowest BCUT2D eigenvalue weighted by molar-refractivity contribution is 0.0696. The van der Waals surface area contributed by atoms with E-state index in [0.29, 0.717) is 23.1 Å². The molecule has 0 saturated heterocycles. The molecule has 1 atom stereocenters. The van der Waals surface area contributed by atoms with Crippen LogP contribution in [0.2, 0.25) is 0 Å². The molecule has 0 spiro atoms. The summed E-state index contributed by atoms with van der Waals surface area (Å²) in [5.41, 5.74) is 7.31. The second-order valence-corrected chi connectivity index (χ2v) is 8.47. The number of imidazole rings is 1. The van der Waals surface area contributed by atoms with E-state index < -0.39 is 11.9 Å². The van der Waals surface area contributed by atoms with Gasteiger partial charge in [-0.2, -0.15) is 0 Å². The number of rotatable bonds is 9. The van der Waals surface area contributed by atoms with Crippen LogP contribution in [0, 0.1) is 0 Å². The Hall–Kier alpha value is -3.02. The number of carbonyl (C=O) groups excluding carboxylic acids is 2. The minimum Gasteiger partial charge on any atom is -0.476 e. The lowest BCUT2D eigenvalue weighted by atomic mass is 10.1. The number of benzene rings is 1. The monoisotopic (exact) mass is 494 g/mol. The number of carboxylic acid groups (broad SMARTS) is 1. The van der Waals surface area contributed by atoms with E-state index in [-0.39, 0.29) is 41.0 Å². The van der Waals surface area contributed by atoms with Crippen molar-refractivity contribution in [2.45, 2.75) is 32.2 Å². The quantitative estimate of drug-likeness (QED) is 0.387. The number of thiazole rings is 1. The first kappa shape index (κ1) is 26.2. The van der Waals surface area contributed by atoms with Gasteiger partial charge in [-0.1, -0.05) is 12.5 Å². The summed E-state index contributed by atoms with van der Waals surface area (Å²) in [5, 5.41) is 13.0. The smallest absolute Gasteiger partial charge is 0.365 e. The van der Waals surface area contributed by atoms with Gasteiger partial charge in [0.05, 0.1) is 16.6 Å². The SMILES string of the molecule is CC(CCCCN)n1c(NC(=O)c2csc(C(=O)O)n2)nc2cccc(C(=O)N(C)C)c21.Cl. The van der Waals surface area contributed by atoms with Gasteiger partial charge >= 0.3 is 5.97 Å². The van der Waals surface area contributed by atoms with E-state index in [0.717, 1.165) is 30.6 Å². The summed E-state index contributed by atoms with van der Waals surface area (Å²) >= 11 is 0.875. The number of nitrogens with two attached hydrogens (primary N) is 1. The maximum absolute atomic E-state index is 12.8. The molecule has 178 valence electrons. The van der Waals surface area contributed by atoms with E-state index >= 15 is 0 Å². The number of para-hydroxylation sites is 1. The van der Waals surface area contributed by atoms with Gasteiger partial charge in [-0.25, -0.2) is 14.8 Å². The van der Waals surface area contributed by atoms with Crippen LogP contribution in [0.4, 0.5) is 5.95 Å². The van der Waals surface area contributed by atoms with E-state index in [1.807, 2.05) is 11.5 Å². The average Bonchev–Trinajstić information content (AvgIpc) is 3.38. The van der Waals surface area contributed by atoms with Crippen LogP contribution in [0.3, 0.4) is 0 Å². The van der Waals surface area contributed by atoms with Crippen LogP contribution in [0.5, 0.6) is 0 Å². The van der Waals surface area contributed by atoms with E-state index in [2.05, 4.69) is 15.3 Å². The van der Waals surface area contributed by atoms with Crippen LogP contribution in [0.25, 0.3) is 11.0 Å². The Balaban J connectivity index is 0.00000385. The molecule has 0 radical (unpaired) electrons. The van der Waals surface area contributed by atoms with E-state index in [9.17, 15) is 14.4 Å². The van der Waals surface area contributed by atoms with Gasteiger partial charge < -0.3 is 20.3 Å². The lowest BCUT2D eigenvalue weighted by Crippen LogP contribution is -2.23. The van der Waals surface area contributed by atoms with Crippen molar-refractivity contribution in [2.75, 3.05) is 26.0 Å². The van der Waals surface area contributed by atoms with Crippen molar-refractivity contribution in [1.29, 1.82) is 0 Å². The summed E-state index contributed by atoms with van der Waals surface area (Å²) in [6, 6.07) is 5.19. The zero-order valence-electron chi connectivity index (χ0n) is 18.6. The summed E-state index contributed by atoms with van der Waals surface area (Å²) in [5.74, 6) is -1.66. The number of anilines is 1. The van der Waals surface area contributed by atoms with Crippen LogP contribution in [0.1, 0.15) is 62.9 Å². The molecule has 2 heterocycles. The summed E-state index contributed by atoms with van der Waals surface area (Å²) in [4.78, 5) is 46.6. The molecule has 3 aromatic rings. The fourth-order valence-electron chi connectivity index (χ4n) is 3.43. The molecule has 2 aromatic heterocycles. The van der Waals surface area contributed by atoms with Crippen molar-refractivity contribution in [3.8, 4) is 0 Å². The Labute approximate surface area is 201 Å². The van der Waals surface area contributed by atoms with Gasteiger partial charge in [0.2, 0.25) is 11.0 Å². The second-order valence-electron chi connectivity index (χ2n) is 7.61. The molecule has 3 rings (SSSR count). The summed E-state index contributed by atoms with van der Waals surface area (Å²) in [7, 11) is 3.36. The Bertz CT molecular complexity index is 1160. The number of nitrogens with one attached hydrogen (secondary N) is 1. The normalized spacial score (nSPS) is 11.6. The highest BCUT2D eigenvalue weighted by Crippen LogP contribution is 2.30. The van der Waals surface area contributed by atoms with Gasteiger partial charge in [0.1, 0.15) is 5.69 Å². The molecular formula is C21H27ClN6O4S. The average molecular weight is 495 g/mol. The molecule has 1 aromatic carbocycles. The molecule has 0 bridgehead atoms. The first-order valence-electron chi connectivity index (χ1n) is 10.2. The Kier molecular flexibility index (Phi) is 8.91. The van der Waals surface area contributed by atoms with E-state index in [1.165, 1.54) is 10.3 Å². The second kappa shape index (κ2) is 11.2. The molecule has 1 unspecified atom stereocenters. The number of unbranched alkanes of at least 4 members (excludes halogenated alkanes) is 1. The highest BCUT2D eigenvalue weighted by Gasteiger charge is 2.24. The number of carbonyl (C=O) groups is 3. The molecule has 2 amide bonds. The number of amides is 2. The fraction of sp³-hybridized carbons (Fsp3) is 0.381. The van der Waals surface area contributed by atoms with Crippen molar-refractivity contribution in [3.63, 3.8) is 0 Å². The zero-order chi connectivity index (χ0) is 23.4. The highest BCUT2D eigenvalue weighted by molar-refractivity contribution is 7.11. The van der Waals surface area contributed by atoms with Gasteiger partial charge in [0.15, 0.2) is 0 Å². The summed E-state index contributed by atoms with van der Waals surface area (Å²) in [6.45, 7) is 2.58. The number of fused-ring (bicyclic) bond motifs is 1. The van der Waals surface area contributed by atoms with Crippen molar-refractivity contribution in [3.05, 3.63) is 39.8 Å². The fourth-order valence-corrected chi connectivity index (χ4v) is 4.07. The standard InChI is InChI=1S/C21H26N6O4S.ClH/c1-12(7-4-5-10-22)27-16-13(19(29)26(2)3)8-6-9-14(16)24-21(27)25-17(28)15-11-32-18(23-15)20(30)31;/h6,8-9,11-12H,4-5,7,10,22H2,1-3H3,(H,30,31)(H,24,25,28);1H. The van der Waals surface area contributed by atoms with E-state index in [4.69, 9.17) is 10.8 Å². The van der Waals surface area contributed by atoms with Crippen LogP contribution in [-0.2, 0) is 0 Å². The number of carboxylic acids is 1. The molecule has 0 aliphatic carbocycles. The Morgan fingerprint density at radius 1 is 1.24 bits per heavy atom. The van der Waals surface area contributed by atoms with Crippen LogP contribution in [0.15, 0.2) is 23.6 Å². The number of hydrogen-bond acceptors (Lipinski definition) is 7. The molecule has 4 N–H and O–H groups in total. The predicted octanol–water partition coefficient (Wildman–Crippen LogP) is 3.26. The number of halogens is 1. The van der Waals surface area contributed by atoms with Gasteiger partial charge in [0.25, 0.3) is 11.8 Å². The van der Waals surface area contributed by atoms with Crippen molar-refractivity contribution >= 4 is 58.5 Å². The molecule has 12 heteroatoms. The third-order valence-corrected chi connectivity index (χ3v) is 5.84. The molecular weight excluding hydrogens is 468 g/mol. The number of hydrogen-bond donors (Lipinski definition) is 3. The van der Waals surface area contributed by atoms with Crippen LogP contribution in [-0.4, -0.2) is 63.0 Å². The van der Waals surface area contributed by atoms with E-state index in [1.54, 1.807) is 32.3 Å². The highest BCUT2D eigenvalue weighted by atomic mass is 35.5. The summed E-state index contributed by atoms with van der Waals surface area (Å²) in [6.07, 6.45) is 2.51. The first-order chi connectivity index (χ1) is 15.2. The third kappa shape index (κ3) is 5.67. The first-order valence-corrected chi connectivity index (χ1v) is 11.0. The van der Waals surface area contributed by atoms with Crippen molar-refractivity contribution in [2.24, 2.45) is 5.73 Å². The molecule has 10 nitrogen and oxygen atoms in total. The zero-order valence-corrected chi connectivity index (χ0v) is 20.2. The topological polar surface area (TPSA) is 143 Å². The van der Waals surface area contributed by atoms with Crippen LogP contribution < -0.4 is 11.1 Å². The maximum atomic E-state index is 12.8.